The molecule has 2 aromatic carbocycles. The van der Waals surface area contributed by atoms with Crippen LogP contribution in [0.15, 0.2) is 42.5 Å². The predicted molar refractivity (Wildman–Crippen MR) is 86.4 cm³/mol. The fourth-order valence-corrected chi connectivity index (χ4v) is 2.99. The van der Waals surface area contributed by atoms with Gasteiger partial charge in [-0.3, -0.25) is 0 Å². The van der Waals surface area contributed by atoms with Gasteiger partial charge in [0, 0.05) is 26.2 Å². The molecule has 1 aliphatic heterocycles. The molecule has 0 bridgehead atoms. The fraction of sp³-hybridized carbons (Fsp3) is 0.294. The summed E-state index contributed by atoms with van der Waals surface area (Å²) in [5.41, 5.74) is 9.92. The first-order valence-corrected chi connectivity index (χ1v) is 7.26. The first-order valence-electron chi connectivity index (χ1n) is 7.26. The Bertz CT molecular complexity index is 613. The Morgan fingerprint density at radius 2 is 1.57 bits per heavy atom. The first kappa shape index (κ1) is 13.7. The molecule has 1 heterocycles. The second kappa shape index (κ2) is 5.64. The van der Waals surface area contributed by atoms with E-state index in [9.17, 15) is 4.39 Å². The molecule has 0 amide bonds. The average molecular weight is 285 g/mol. The molecule has 3 nitrogen and oxygen atoms in total. The van der Waals surface area contributed by atoms with Crippen molar-refractivity contribution in [3.05, 3.63) is 53.8 Å². The van der Waals surface area contributed by atoms with Gasteiger partial charge in [-0.2, -0.15) is 0 Å². The maximum atomic E-state index is 13.8. The molecule has 0 unspecified atom stereocenters. The number of nitrogens with zero attached hydrogens (tertiary/aromatic N) is 2. The van der Waals surface area contributed by atoms with Gasteiger partial charge >= 0.3 is 0 Å². The molecule has 0 atom stereocenters. The summed E-state index contributed by atoms with van der Waals surface area (Å²) in [6.45, 7) is 5.38. The van der Waals surface area contributed by atoms with Gasteiger partial charge in [0.15, 0.2) is 0 Å². The Morgan fingerprint density at radius 3 is 2.24 bits per heavy atom. The Balaban J connectivity index is 1.75. The molecule has 0 radical (unpaired) electrons. The molecule has 1 saturated heterocycles. The van der Waals surface area contributed by atoms with Crippen molar-refractivity contribution in [3.8, 4) is 0 Å². The van der Waals surface area contributed by atoms with Gasteiger partial charge in [0.1, 0.15) is 5.82 Å². The molecule has 3 rings (SSSR count). The summed E-state index contributed by atoms with van der Waals surface area (Å²) < 4.78 is 13.8. The van der Waals surface area contributed by atoms with Crippen LogP contribution < -0.4 is 15.5 Å². The van der Waals surface area contributed by atoms with Crippen molar-refractivity contribution in [2.45, 2.75) is 6.92 Å². The Kier molecular flexibility index (Phi) is 3.69. The molecule has 1 aliphatic rings. The van der Waals surface area contributed by atoms with E-state index in [0.29, 0.717) is 5.69 Å². The van der Waals surface area contributed by atoms with Crippen LogP contribution in [0.3, 0.4) is 0 Å². The zero-order chi connectivity index (χ0) is 14.8. The zero-order valence-electron chi connectivity index (χ0n) is 12.2. The normalized spacial score (nSPS) is 15.3. The highest BCUT2D eigenvalue weighted by Gasteiger charge is 2.21. The van der Waals surface area contributed by atoms with Crippen LogP contribution in [0.5, 0.6) is 0 Å². The van der Waals surface area contributed by atoms with Crippen LogP contribution in [0.25, 0.3) is 0 Å². The molecule has 0 spiro atoms. The number of para-hydroxylation sites is 2. The summed E-state index contributed by atoms with van der Waals surface area (Å²) in [6, 6.07) is 13.0. The third kappa shape index (κ3) is 2.66. The van der Waals surface area contributed by atoms with Crippen LogP contribution in [-0.4, -0.2) is 26.2 Å². The van der Waals surface area contributed by atoms with Gasteiger partial charge in [-0.25, -0.2) is 4.39 Å². The molecule has 4 heteroatoms. The zero-order valence-corrected chi connectivity index (χ0v) is 12.2. The lowest BCUT2D eigenvalue weighted by Crippen LogP contribution is -2.47. The lowest BCUT2D eigenvalue weighted by atomic mass is 10.1. The van der Waals surface area contributed by atoms with Gasteiger partial charge in [0.05, 0.1) is 17.1 Å². The van der Waals surface area contributed by atoms with E-state index >= 15 is 0 Å². The van der Waals surface area contributed by atoms with Crippen LogP contribution >= 0.6 is 0 Å². The first-order chi connectivity index (χ1) is 10.2. The summed E-state index contributed by atoms with van der Waals surface area (Å²) in [7, 11) is 0. The molecule has 2 N–H and O–H groups in total. The maximum absolute atomic E-state index is 13.8. The number of hydrogen-bond donors (Lipinski definition) is 1. The largest absolute Gasteiger partial charge is 0.397 e. The van der Waals surface area contributed by atoms with Crippen LogP contribution in [0.4, 0.5) is 21.5 Å². The second-order valence-corrected chi connectivity index (χ2v) is 5.44. The smallest absolute Gasteiger partial charge is 0.146 e. The Labute approximate surface area is 124 Å². The van der Waals surface area contributed by atoms with Gasteiger partial charge in [-0.05, 0) is 30.7 Å². The molecule has 21 heavy (non-hydrogen) atoms. The van der Waals surface area contributed by atoms with Crippen LogP contribution in [0.1, 0.15) is 5.56 Å². The third-order valence-corrected chi connectivity index (χ3v) is 4.06. The van der Waals surface area contributed by atoms with Crippen molar-refractivity contribution >= 4 is 17.1 Å². The van der Waals surface area contributed by atoms with Gasteiger partial charge < -0.3 is 15.5 Å². The van der Waals surface area contributed by atoms with E-state index < -0.39 is 0 Å². The highest BCUT2D eigenvalue weighted by Crippen LogP contribution is 2.29. The number of anilines is 3. The van der Waals surface area contributed by atoms with E-state index in [2.05, 4.69) is 22.8 Å². The summed E-state index contributed by atoms with van der Waals surface area (Å²) in [6.07, 6.45) is 0. The molecule has 1 fully saturated rings. The molecule has 0 aromatic heterocycles. The Hall–Kier alpha value is -2.23. The highest BCUT2D eigenvalue weighted by molar-refractivity contribution is 5.72. The Morgan fingerprint density at radius 1 is 0.905 bits per heavy atom. The monoisotopic (exact) mass is 285 g/mol. The molecular weight excluding hydrogens is 265 g/mol. The number of rotatable bonds is 2. The number of piperazine rings is 1. The summed E-state index contributed by atoms with van der Waals surface area (Å²) >= 11 is 0. The van der Waals surface area contributed by atoms with Crippen LogP contribution in [0.2, 0.25) is 0 Å². The molecule has 0 saturated carbocycles. The topological polar surface area (TPSA) is 32.5 Å². The highest BCUT2D eigenvalue weighted by atomic mass is 19.1. The molecular formula is C17H20FN3. The van der Waals surface area contributed by atoms with Gasteiger partial charge in [-0.1, -0.05) is 24.3 Å². The average Bonchev–Trinajstić information content (AvgIpc) is 2.48. The predicted octanol–water partition coefficient (Wildman–Crippen LogP) is 3.04. The SMILES string of the molecule is Cc1cccc(N)c1N1CCN(c2ccccc2F)CC1. The van der Waals surface area contributed by atoms with Crippen LogP contribution in [-0.2, 0) is 0 Å². The van der Waals surface area contributed by atoms with Crippen molar-refractivity contribution in [1.82, 2.24) is 0 Å². The molecule has 0 aliphatic carbocycles. The van der Waals surface area contributed by atoms with E-state index in [1.807, 2.05) is 24.3 Å². The standard InChI is InChI=1S/C17H20FN3/c1-13-5-4-7-15(19)17(13)21-11-9-20(10-12-21)16-8-3-2-6-14(16)18/h2-8H,9-12,19H2,1H3. The maximum Gasteiger partial charge on any atom is 0.146 e. The third-order valence-electron chi connectivity index (χ3n) is 4.06. The van der Waals surface area contributed by atoms with Crippen molar-refractivity contribution in [2.24, 2.45) is 0 Å². The minimum atomic E-state index is -0.152. The van der Waals surface area contributed by atoms with Gasteiger partial charge in [0.25, 0.3) is 0 Å². The number of hydrogen-bond acceptors (Lipinski definition) is 3. The summed E-state index contributed by atoms with van der Waals surface area (Å²) in [5.74, 6) is -0.152. The van der Waals surface area contributed by atoms with Gasteiger partial charge in [0.2, 0.25) is 0 Å². The van der Waals surface area contributed by atoms with E-state index in [-0.39, 0.29) is 5.82 Å². The minimum absolute atomic E-state index is 0.152. The summed E-state index contributed by atoms with van der Waals surface area (Å²) in [5, 5.41) is 0. The minimum Gasteiger partial charge on any atom is -0.397 e. The van der Waals surface area contributed by atoms with Crippen molar-refractivity contribution in [1.29, 1.82) is 0 Å². The number of nitrogens with two attached hydrogens (primary N) is 1. The molecule has 2 aromatic rings. The second-order valence-electron chi connectivity index (χ2n) is 5.44. The van der Waals surface area contributed by atoms with E-state index in [1.54, 1.807) is 6.07 Å². The fourth-order valence-electron chi connectivity index (χ4n) is 2.99. The van der Waals surface area contributed by atoms with E-state index in [1.165, 1.54) is 11.6 Å². The van der Waals surface area contributed by atoms with Crippen molar-refractivity contribution in [2.75, 3.05) is 41.7 Å². The quantitative estimate of drug-likeness (QED) is 0.861. The van der Waals surface area contributed by atoms with Crippen molar-refractivity contribution in [3.63, 3.8) is 0 Å². The van der Waals surface area contributed by atoms with Crippen LogP contribution in [0, 0.1) is 12.7 Å². The number of aryl methyl sites for hydroxylation is 1. The number of nitrogen functional groups attached to an aromatic ring is 1. The number of halogens is 1. The van der Waals surface area contributed by atoms with E-state index in [4.69, 9.17) is 5.73 Å². The lowest BCUT2D eigenvalue weighted by molar-refractivity contribution is 0.598. The summed E-state index contributed by atoms with van der Waals surface area (Å²) in [4.78, 5) is 4.39. The van der Waals surface area contributed by atoms with Crippen molar-refractivity contribution < 1.29 is 4.39 Å². The lowest BCUT2D eigenvalue weighted by Gasteiger charge is -2.38. The molecule has 110 valence electrons. The van der Waals surface area contributed by atoms with Gasteiger partial charge in [-0.15, -0.1) is 0 Å². The number of benzene rings is 2. The van der Waals surface area contributed by atoms with E-state index in [0.717, 1.165) is 37.6 Å².